The highest BCUT2D eigenvalue weighted by Crippen LogP contribution is 2.36. The first kappa shape index (κ1) is 22.0. The summed E-state index contributed by atoms with van der Waals surface area (Å²) < 4.78 is 11.5. The third kappa shape index (κ3) is 5.07. The van der Waals surface area contributed by atoms with E-state index in [0.717, 1.165) is 60.7 Å². The Morgan fingerprint density at radius 1 is 1.15 bits per heavy atom. The molecule has 2 aromatic carbocycles. The van der Waals surface area contributed by atoms with Gasteiger partial charge in [-0.25, -0.2) is 0 Å². The van der Waals surface area contributed by atoms with E-state index in [-0.39, 0.29) is 5.91 Å². The van der Waals surface area contributed by atoms with Gasteiger partial charge in [-0.1, -0.05) is 40.5 Å². The Morgan fingerprint density at radius 3 is 2.61 bits per heavy atom. The van der Waals surface area contributed by atoms with Crippen LogP contribution in [0.3, 0.4) is 0 Å². The van der Waals surface area contributed by atoms with E-state index < -0.39 is 0 Å². The van der Waals surface area contributed by atoms with E-state index in [1.165, 1.54) is 0 Å². The fourth-order valence-electron chi connectivity index (χ4n) is 4.27. The molecular formula is C26H28ClN3O3. The van der Waals surface area contributed by atoms with E-state index in [4.69, 9.17) is 20.9 Å². The van der Waals surface area contributed by atoms with Gasteiger partial charge in [-0.3, -0.25) is 4.79 Å². The Kier molecular flexibility index (Phi) is 6.38. The predicted molar refractivity (Wildman–Crippen MR) is 129 cm³/mol. The molecule has 172 valence electrons. The van der Waals surface area contributed by atoms with Crippen molar-refractivity contribution in [3.05, 3.63) is 70.2 Å². The van der Waals surface area contributed by atoms with E-state index in [0.29, 0.717) is 36.3 Å². The second-order valence-electron chi connectivity index (χ2n) is 8.92. The summed E-state index contributed by atoms with van der Waals surface area (Å²) in [5.41, 5.74) is 4.54. The minimum atomic E-state index is 0.00267. The number of hydrogen-bond donors (Lipinski definition) is 0. The lowest BCUT2D eigenvalue weighted by molar-refractivity contribution is 0.0734. The molecule has 6 nitrogen and oxygen atoms in total. The van der Waals surface area contributed by atoms with Gasteiger partial charge in [0.2, 0.25) is 5.88 Å². The lowest BCUT2D eigenvalue weighted by Crippen LogP contribution is -2.37. The number of hydrogen-bond acceptors (Lipinski definition) is 5. The number of carbonyl (C=O) groups is 1. The first-order chi connectivity index (χ1) is 16.1. The molecule has 2 heterocycles. The zero-order valence-electron chi connectivity index (χ0n) is 18.8. The summed E-state index contributed by atoms with van der Waals surface area (Å²) >= 11 is 6.05. The summed E-state index contributed by atoms with van der Waals surface area (Å²) in [5.74, 6) is 1.29. The molecule has 1 aliphatic carbocycles. The standard InChI is InChI=1S/C26H28ClN3O3/c1-18-3-2-4-21(15-18)24-23(26(33-28-24)29-11-13-32-14-12-29)17-30(16-19-5-6-19)25(31)20-7-9-22(27)10-8-20/h2-4,7-10,15,19H,5-6,11-14,16-17H2,1H3. The van der Waals surface area contributed by atoms with E-state index in [1.807, 2.05) is 17.0 Å². The molecule has 0 radical (unpaired) electrons. The Hall–Kier alpha value is -2.83. The molecule has 0 N–H and O–H groups in total. The van der Waals surface area contributed by atoms with Crippen LogP contribution in [-0.2, 0) is 11.3 Å². The number of benzene rings is 2. The molecule has 3 aromatic rings. The van der Waals surface area contributed by atoms with Crippen molar-refractivity contribution in [2.24, 2.45) is 5.92 Å². The number of amides is 1. The molecular weight excluding hydrogens is 438 g/mol. The molecule has 33 heavy (non-hydrogen) atoms. The van der Waals surface area contributed by atoms with Crippen LogP contribution in [0.4, 0.5) is 5.88 Å². The Balaban J connectivity index is 1.52. The van der Waals surface area contributed by atoms with E-state index in [9.17, 15) is 4.79 Å². The second-order valence-corrected chi connectivity index (χ2v) is 9.36. The molecule has 2 fully saturated rings. The quantitative estimate of drug-likeness (QED) is 0.480. The van der Waals surface area contributed by atoms with Crippen LogP contribution in [0, 0.1) is 12.8 Å². The zero-order chi connectivity index (χ0) is 22.8. The van der Waals surface area contributed by atoms with Gasteiger partial charge in [0.25, 0.3) is 5.91 Å². The van der Waals surface area contributed by atoms with Crippen LogP contribution in [0.25, 0.3) is 11.3 Å². The monoisotopic (exact) mass is 465 g/mol. The SMILES string of the molecule is Cc1cccc(-c2noc(N3CCOCC3)c2CN(CC2CC2)C(=O)c2ccc(Cl)cc2)c1. The normalized spacial score (nSPS) is 16.1. The number of nitrogens with zero attached hydrogens (tertiary/aromatic N) is 3. The largest absolute Gasteiger partial charge is 0.378 e. The number of halogens is 1. The van der Waals surface area contributed by atoms with Crippen LogP contribution in [-0.4, -0.2) is 48.8 Å². The maximum absolute atomic E-state index is 13.5. The van der Waals surface area contributed by atoms with Gasteiger partial charge >= 0.3 is 0 Å². The van der Waals surface area contributed by atoms with Crippen molar-refractivity contribution in [1.29, 1.82) is 0 Å². The average Bonchev–Trinajstić information content (AvgIpc) is 3.56. The molecule has 1 aliphatic heterocycles. The highest BCUT2D eigenvalue weighted by atomic mass is 35.5. The third-order valence-electron chi connectivity index (χ3n) is 6.26. The van der Waals surface area contributed by atoms with E-state index in [2.05, 4.69) is 29.1 Å². The topological polar surface area (TPSA) is 58.8 Å². The second kappa shape index (κ2) is 9.57. The van der Waals surface area contributed by atoms with Crippen molar-refractivity contribution < 1.29 is 14.1 Å². The summed E-state index contributed by atoms with van der Waals surface area (Å²) in [6.07, 6.45) is 2.32. The summed E-state index contributed by atoms with van der Waals surface area (Å²) in [5, 5.41) is 5.10. The Labute approximate surface area is 199 Å². The molecule has 1 amide bonds. The highest BCUT2D eigenvalue weighted by Gasteiger charge is 2.31. The van der Waals surface area contributed by atoms with Gasteiger partial charge in [-0.15, -0.1) is 0 Å². The number of aromatic nitrogens is 1. The van der Waals surface area contributed by atoms with Crippen molar-refractivity contribution in [2.45, 2.75) is 26.3 Å². The first-order valence-electron chi connectivity index (χ1n) is 11.5. The maximum atomic E-state index is 13.5. The number of morpholine rings is 1. The molecule has 5 rings (SSSR count). The van der Waals surface area contributed by atoms with Crippen LogP contribution in [0.1, 0.15) is 34.3 Å². The van der Waals surface area contributed by atoms with Crippen molar-refractivity contribution in [3.63, 3.8) is 0 Å². The zero-order valence-corrected chi connectivity index (χ0v) is 19.6. The predicted octanol–water partition coefficient (Wildman–Crippen LogP) is 5.19. The van der Waals surface area contributed by atoms with Crippen LogP contribution in [0.15, 0.2) is 53.1 Å². The number of aryl methyl sites for hydroxylation is 1. The fourth-order valence-corrected chi connectivity index (χ4v) is 4.40. The highest BCUT2D eigenvalue weighted by molar-refractivity contribution is 6.30. The molecule has 0 unspecified atom stereocenters. The number of carbonyl (C=O) groups excluding carboxylic acids is 1. The lowest BCUT2D eigenvalue weighted by Gasteiger charge is -2.28. The van der Waals surface area contributed by atoms with Crippen molar-refractivity contribution >= 4 is 23.4 Å². The minimum absolute atomic E-state index is 0.00267. The molecule has 0 bridgehead atoms. The summed E-state index contributed by atoms with van der Waals surface area (Å²) in [6.45, 7) is 6.01. The molecule has 1 aromatic heterocycles. The molecule has 1 saturated carbocycles. The van der Waals surface area contributed by atoms with Crippen LogP contribution < -0.4 is 4.90 Å². The van der Waals surface area contributed by atoms with Gasteiger partial charge in [-0.05, 0) is 56.0 Å². The molecule has 0 spiro atoms. The molecule has 1 saturated heterocycles. The number of rotatable bonds is 7. The van der Waals surface area contributed by atoms with Crippen LogP contribution in [0.2, 0.25) is 5.02 Å². The van der Waals surface area contributed by atoms with Crippen molar-refractivity contribution in [3.8, 4) is 11.3 Å². The van der Waals surface area contributed by atoms with Crippen molar-refractivity contribution in [2.75, 3.05) is 37.7 Å². The molecule has 2 aliphatic rings. The lowest BCUT2D eigenvalue weighted by atomic mass is 10.0. The Morgan fingerprint density at radius 2 is 1.91 bits per heavy atom. The van der Waals surface area contributed by atoms with Crippen LogP contribution >= 0.6 is 11.6 Å². The number of anilines is 1. The maximum Gasteiger partial charge on any atom is 0.254 e. The summed E-state index contributed by atoms with van der Waals surface area (Å²) in [7, 11) is 0. The fraction of sp³-hybridized carbons (Fsp3) is 0.385. The van der Waals surface area contributed by atoms with Gasteiger partial charge in [0.05, 0.1) is 25.3 Å². The summed E-state index contributed by atoms with van der Waals surface area (Å²) in [4.78, 5) is 17.6. The van der Waals surface area contributed by atoms with Gasteiger partial charge in [0, 0.05) is 35.8 Å². The van der Waals surface area contributed by atoms with Crippen molar-refractivity contribution in [1.82, 2.24) is 10.1 Å². The smallest absolute Gasteiger partial charge is 0.254 e. The first-order valence-corrected chi connectivity index (χ1v) is 11.9. The molecule has 0 atom stereocenters. The van der Waals surface area contributed by atoms with Gasteiger partial charge in [-0.2, -0.15) is 0 Å². The number of ether oxygens (including phenoxy) is 1. The van der Waals surface area contributed by atoms with Gasteiger partial charge in [0.15, 0.2) is 0 Å². The molecule has 7 heteroatoms. The average molecular weight is 466 g/mol. The van der Waals surface area contributed by atoms with Crippen LogP contribution in [0.5, 0.6) is 0 Å². The third-order valence-corrected chi connectivity index (χ3v) is 6.51. The summed E-state index contributed by atoms with van der Waals surface area (Å²) in [6, 6.07) is 15.4. The van der Waals surface area contributed by atoms with E-state index >= 15 is 0 Å². The Bertz CT molecular complexity index is 1120. The van der Waals surface area contributed by atoms with E-state index in [1.54, 1.807) is 24.3 Å². The van der Waals surface area contributed by atoms with Gasteiger partial charge in [0.1, 0.15) is 5.69 Å². The minimum Gasteiger partial charge on any atom is -0.378 e. The van der Waals surface area contributed by atoms with Gasteiger partial charge < -0.3 is 19.1 Å².